The maximum absolute atomic E-state index is 9.17. The molecule has 0 aliphatic rings. The van der Waals surface area contributed by atoms with Crippen molar-refractivity contribution in [3.8, 4) is 5.75 Å². The molecule has 54 valence electrons. The molecular weight excluding hydrogens is 128 g/mol. The fourth-order valence-corrected chi connectivity index (χ4v) is 0.731. The van der Waals surface area contributed by atoms with Gasteiger partial charge in [-0.1, -0.05) is 0 Å². The van der Waals surface area contributed by atoms with Gasteiger partial charge in [0.15, 0.2) is 0 Å². The maximum Gasteiger partial charge on any atom is 0.123 e. The van der Waals surface area contributed by atoms with Gasteiger partial charge in [-0.3, -0.25) is 4.98 Å². The van der Waals surface area contributed by atoms with Crippen molar-refractivity contribution in [1.29, 1.82) is 0 Å². The van der Waals surface area contributed by atoms with Gasteiger partial charge < -0.3 is 10.8 Å². The number of pyridine rings is 1. The molecule has 0 aliphatic heterocycles. The summed E-state index contributed by atoms with van der Waals surface area (Å²) in [6, 6.07) is 1.60. The quantitative estimate of drug-likeness (QED) is 0.596. The van der Waals surface area contributed by atoms with E-state index in [0.717, 1.165) is 5.69 Å². The van der Waals surface area contributed by atoms with Crippen LogP contribution in [0.1, 0.15) is 11.3 Å². The van der Waals surface area contributed by atoms with Gasteiger partial charge in [-0.15, -0.1) is 0 Å². The third kappa shape index (κ3) is 1.25. The molecule has 0 spiro atoms. The summed E-state index contributed by atoms with van der Waals surface area (Å²) in [6.07, 6.45) is 1.59. The van der Waals surface area contributed by atoms with Crippen molar-refractivity contribution in [3.05, 3.63) is 23.5 Å². The van der Waals surface area contributed by atoms with Crippen LogP contribution in [0.5, 0.6) is 5.75 Å². The van der Waals surface area contributed by atoms with Crippen LogP contribution >= 0.6 is 0 Å². The molecule has 0 fully saturated rings. The summed E-state index contributed by atoms with van der Waals surface area (Å²) < 4.78 is 0. The molecule has 10 heavy (non-hydrogen) atoms. The normalized spacial score (nSPS) is 9.80. The van der Waals surface area contributed by atoms with Gasteiger partial charge in [-0.05, 0) is 6.92 Å². The van der Waals surface area contributed by atoms with E-state index in [2.05, 4.69) is 4.98 Å². The van der Waals surface area contributed by atoms with Crippen LogP contribution in [-0.2, 0) is 6.54 Å². The van der Waals surface area contributed by atoms with Gasteiger partial charge in [0.1, 0.15) is 5.75 Å². The number of nitrogens with two attached hydrogens (primary N) is 1. The van der Waals surface area contributed by atoms with E-state index in [4.69, 9.17) is 5.73 Å². The summed E-state index contributed by atoms with van der Waals surface area (Å²) in [5.74, 6) is 0.231. The summed E-state index contributed by atoms with van der Waals surface area (Å²) in [4.78, 5) is 3.97. The molecule has 1 aromatic heterocycles. The summed E-state index contributed by atoms with van der Waals surface area (Å²) in [5, 5.41) is 9.17. The first-order valence-electron chi connectivity index (χ1n) is 3.08. The molecule has 3 nitrogen and oxygen atoms in total. The number of aromatic nitrogens is 1. The lowest BCUT2D eigenvalue weighted by molar-refractivity contribution is 0.466. The summed E-state index contributed by atoms with van der Waals surface area (Å²) >= 11 is 0. The van der Waals surface area contributed by atoms with E-state index in [-0.39, 0.29) is 5.75 Å². The van der Waals surface area contributed by atoms with Gasteiger partial charge >= 0.3 is 0 Å². The van der Waals surface area contributed by atoms with Gasteiger partial charge in [-0.2, -0.15) is 0 Å². The highest BCUT2D eigenvalue weighted by Gasteiger charge is 1.97. The van der Waals surface area contributed by atoms with Gasteiger partial charge in [0.05, 0.1) is 0 Å². The van der Waals surface area contributed by atoms with Crippen LogP contribution < -0.4 is 5.73 Å². The zero-order valence-corrected chi connectivity index (χ0v) is 5.83. The zero-order chi connectivity index (χ0) is 7.56. The summed E-state index contributed by atoms with van der Waals surface area (Å²) in [5.41, 5.74) is 6.79. The van der Waals surface area contributed by atoms with E-state index in [9.17, 15) is 5.11 Å². The Bertz CT molecular complexity index is 235. The van der Waals surface area contributed by atoms with Crippen molar-refractivity contribution in [2.75, 3.05) is 0 Å². The van der Waals surface area contributed by atoms with Crippen LogP contribution in [0, 0.1) is 6.92 Å². The first-order valence-corrected chi connectivity index (χ1v) is 3.08. The predicted octanol–water partition coefficient (Wildman–Crippen LogP) is 0.554. The van der Waals surface area contributed by atoms with Gasteiger partial charge in [0.25, 0.3) is 0 Å². The van der Waals surface area contributed by atoms with Crippen molar-refractivity contribution in [1.82, 2.24) is 4.98 Å². The zero-order valence-electron chi connectivity index (χ0n) is 5.83. The van der Waals surface area contributed by atoms with Crippen molar-refractivity contribution < 1.29 is 5.11 Å². The van der Waals surface area contributed by atoms with E-state index in [1.807, 2.05) is 6.92 Å². The topological polar surface area (TPSA) is 59.1 Å². The molecule has 0 aromatic carbocycles. The highest BCUT2D eigenvalue weighted by atomic mass is 16.3. The van der Waals surface area contributed by atoms with Crippen LogP contribution in [0.3, 0.4) is 0 Å². The molecule has 3 N–H and O–H groups in total. The Kier molecular flexibility index (Phi) is 1.87. The van der Waals surface area contributed by atoms with E-state index < -0.39 is 0 Å². The largest absolute Gasteiger partial charge is 0.507 e. The highest BCUT2D eigenvalue weighted by molar-refractivity contribution is 5.30. The Morgan fingerprint density at radius 2 is 2.40 bits per heavy atom. The SMILES string of the molecule is Cc1cc(O)c(CN)cn1. The third-order valence-corrected chi connectivity index (χ3v) is 1.32. The standard InChI is InChI=1S/C7H10N2O/c1-5-2-7(10)6(3-8)4-9-5/h2,4H,3,8H2,1H3,(H,9,10). The summed E-state index contributed by atoms with van der Waals surface area (Å²) in [7, 11) is 0. The third-order valence-electron chi connectivity index (χ3n) is 1.32. The second-order valence-corrected chi connectivity index (χ2v) is 2.16. The first kappa shape index (κ1) is 7.02. The average Bonchev–Trinajstić information content (AvgIpc) is 1.88. The lowest BCUT2D eigenvalue weighted by atomic mass is 10.2. The number of nitrogens with zero attached hydrogens (tertiary/aromatic N) is 1. The second-order valence-electron chi connectivity index (χ2n) is 2.16. The number of rotatable bonds is 1. The molecule has 1 aromatic rings. The Morgan fingerprint density at radius 1 is 1.70 bits per heavy atom. The Labute approximate surface area is 59.5 Å². The van der Waals surface area contributed by atoms with E-state index in [1.54, 1.807) is 12.3 Å². The monoisotopic (exact) mass is 138 g/mol. The summed E-state index contributed by atoms with van der Waals surface area (Å²) in [6.45, 7) is 2.15. The maximum atomic E-state index is 9.17. The van der Waals surface area contributed by atoms with Crippen molar-refractivity contribution in [2.45, 2.75) is 13.5 Å². The second kappa shape index (κ2) is 2.66. The fourth-order valence-electron chi connectivity index (χ4n) is 0.731. The number of aromatic hydroxyl groups is 1. The first-order chi connectivity index (χ1) is 4.74. The van der Waals surface area contributed by atoms with Crippen LogP contribution in [0.2, 0.25) is 0 Å². The van der Waals surface area contributed by atoms with Crippen molar-refractivity contribution in [3.63, 3.8) is 0 Å². The predicted molar refractivity (Wildman–Crippen MR) is 38.5 cm³/mol. The minimum Gasteiger partial charge on any atom is -0.507 e. The van der Waals surface area contributed by atoms with E-state index >= 15 is 0 Å². The lowest BCUT2D eigenvalue weighted by Crippen LogP contribution is -1.97. The molecule has 0 atom stereocenters. The molecule has 0 aliphatic carbocycles. The molecule has 0 radical (unpaired) electrons. The Balaban J connectivity index is 3.07. The molecule has 1 rings (SSSR count). The molecule has 1 heterocycles. The van der Waals surface area contributed by atoms with Gasteiger partial charge in [-0.25, -0.2) is 0 Å². The van der Waals surface area contributed by atoms with Gasteiger partial charge in [0.2, 0.25) is 0 Å². The number of aryl methyl sites for hydroxylation is 1. The van der Waals surface area contributed by atoms with Gasteiger partial charge in [0, 0.05) is 30.1 Å². The van der Waals surface area contributed by atoms with Crippen LogP contribution in [0.4, 0.5) is 0 Å². The van der Waals surface area contributed by atoms with E-state index in [0.29, 0.717) is 12.1 Å². The molecule has 0 saturated heterocycles. The average molecular weight is 138 g/mol. The fraction of sp³-hybridized carbons (Fsp3) is 0.286. The smallest absolute Gasteiger partial charge is 0.123 e. The Hall–Kier alpha value is -1.09. The lowest BCUT2D eigenvalue weighted by Gasteiger charge is -1.99. The molecule has 0 unspecified atom stereocenters. The van der Waals surface area contributed by atoms with Crippen molar-refractivity contribution >= 4 is 0 Å². The minimum absolute atomic E-state index is 0.231. The van der Waals surface area contributed by atoms with Crippen molar-refractivity contribution in [2.24, 2.45) is 5.73 Å². The number of hydrogen-bond donors (Lipinski definition) is 2. The van der Waals surface area contributed by atoms with Crippen LogP contribution in [-0.4, -0.2) is 10.1 Å². The molecule has 0 bridgehead atoms. The highest BCUT2D eigenvalue weighted by Crippen LogP contribution is 2.14. The minimum atomic E-state index is 0.231. The molecule has 3 heteroatoms. The van der Waals surface area contributed by atoms with Crippen LogP contribution in [0.15, 0.2) is 12.3 Å². The molecule has 0 saturated carbocycles. The number of hydrogen-bond acceptors (Lipinski definition) is 3. The van der Waals surface area contributed by atoms with E-state index in [1.165, 1.54) is 0 Å². The Morgan fingerprint density at radius 3 is 2.90 bits per heavy atom. The molecule has 0 amide bonds. The molecular formula is C7H10N2O. The van der Waals surface area contributed by atoms with Crippen LogP contribution in [0.25, 0.3) is 0 Å².